The van der Waals surface area contributed by atoms with Crippen molar-refractivity contribution in [3.05, 3.63) is 0 Å². The van der Waals surface area contributed by atoms with Crippen LogP contribution in [0, 0.1) is 11.8 Å². The van der Waals surface area contributed by atoms with Crippen LogP contribution in [0.2, 0.25) is 0 Å². The van der Waals surface area contributed by atoms with Crippen LogP contribution < -0.4 is 5.90 Å². The molecule has 0 amide bonds. The van der Waals surface area contributed by atoms with Gasteiger partial charge in [0.25, 0.3) is 0 Å². The Labute approximate surface area is 137 Å². The maximum atomic E-state index is 12.4. The molecule has 2 unspecified atom stereocenters. The lowest BCUT2D eigenvalue weighted by Crippen LogP contribution is -2.17. The van der Waals surface area contributed by atoms with E-state index in [1.54, 1.807) is 0 Å². The highest BCUT2D eigenvalue weighted by atomic mass is 31.2. The molecule has 0 fully saturated rings. The van der Waals surface area contributed by atoms with Gasteiger partial charge in [-0.3, -0.25) is 0 Å². The predicted octanol–water partition coefficient (Wildman–Crippen LogP) is 5.45. The smallest absolute Gasteiger partial charge is 0.167 e. The average molecular weight is 337 g/mol. The van der Waals surface area contributed by atoms with E-state index in [9.17, 15) is 4.89 Å². The van der Waals surface area contributed by atoms with E-state index in [1.807, 2.05) is 0 Å². The minimum atomic E-state index is -3.62. The van der Waals surface area contributed by atoms with Gasteiger partial charge < -0.3 is 0 Å². The minimum Gasteiger partial charge on any atom is -0.167 e. The van der Waals surface area contributed by atoms with Gasteiger partial charge in [0.1, 0.15) is 13.2 Å². The monoisotopic (exact) mass is 337 g/mol. The summed E-state index contributed by atoms with van der Waals surface area (Å²) in [5, 5.41) is 0. The van der Waals surface area contributed by atoms with E-state index in [1.165, 1.54) is 0 Å². The van der Waals surface area contributed by atoms with Crippen LogP contribution in [0.3, 0.4) is 0 Å². The molecule has 5 nitrogen and oxygen atoms in total. The molecule has 0 rings (SSSR count). The first-order chi connectivity index (χ1) is 10.5. The summed E-state index contributed by atoms with van der Waals surface area (Å²) in [6, 6.07) is 0. The molecule has 0 aromatic carbocycles. The van der Waals surface area contributed by atoms with E-state index < -0.39 is 8.17 Å². The summed E-state index contributed by atoms with van der Waals surface area (Å²) >= 11 is 0. The lowest BCUT2D eigenvalue weighted by molar-refractivity contribution is 0.0401. The summed E-state index contributed by atoms with van der Waals surface area (Å²) in [5.74, 6) is 5.89. The lowest BCUT2D eigenvalue weighted by Gasteiger charge is -2.18. The Hall–Kier alpha value is 0.230. The number of rotatable bonds is 15. The molecule has 0 bridgehead atoms. The Morgan fingerprint density at radius 2 is 1.27 bits per heavy atom. The quantitative estimate of drug-likeness (QED) is 0.318. The number of nitrogens with two attached hydrogens (primary N) is 1. The van der Waals surface area contributed by atoms with E-state index in [0.29, 0.717) is 25.0 Å². The highest BCUT2D eigenvalue weighted by molar-refractivity contribution is 7.55. The summed E-state index contributed by atoms with van der Waals surface area (Å²) in [5.41, 5.74) is 0. The van der Waals surface area contributed by atoms with Crippen molar-refractivity contribution >= 4 is 8.17 Å². The first-order valence-corrected chi connectivity index (χ1v) is 10.3. The van der Waals surface area contributed by atoms with Gasteiger partial charge in [0.05, 0.1) is 4.89 Å². The molecule has 1 radical (unpaired) electrons. The summed E-state index contributed by atoms with van der Waals surface area (Å²) in [6.07, 6.45) is 8.67. The molecular formula is C16H36NO4P+. The Balaban J connectivity index is 4.25. The third-order valence-electron chi connectivity index (χ3n) is 4.15. The molecule has 0 heterocycles. The lowest BCUT2D eigenvalue weighted by atomic mass is 10.0. The zero-order chi connectivity index (χ0) is 16.8. The number of hydrogen-bond acceptors (Lipinski definition) is 4. The molecule has 0 aliphatic carbocycles. The van der Waals surface area contributed by atoms with Crippen molar-refractivity contribution in [2.75, 3.05) is 13.2 Å². The van der Waals surface area contributed by atoms with Gasteiger partial charge in [-0.2, -0.15) is 5.90 Å². The second-order valence-corrected chi connectivity index (χ2v) is 7.60. The molecule has 0 aromatic heterocycles. The van der Waals surface area contributed by atoms with Crippen LogP contribution in [0.25, 0.3) is 0 Å². The fourth-order valence-electron chi connectivity index (χ4n) is 2.29. The van der Waals surface area contributed by atoms with Gasteiger partial charge in [-0.05, 0) is 24.7 Å². The van der Waals surface area contributed by atoms with Crippen molar-refractivity contribution in [2.24, 2.45) is 17.7 Å². The molecule has 133 valence electrons. The molecule has 0 spiro atoms. The van der Waals surface area contributed by atoms with Crippen LogP contribution >= 0.6 is 8.17 Å². The van der Waals surface area contributed by atoms with Crippen LogP contribution in [0.1, 0.15) is 79.1 Å². The topological polar surface area (TPSA) is 73.6 Å². The third-order valence-corrected chi connectivity index (χ3v) is 5.34. The van der Waals surface area contributed by atoms with Crippen molar-refractivity contribution in [1.29, 1.82) is 0 Å². The third kappa shape index (κ3) is 10.1. The van der Waals surface area contributed by atoms with Crippen molar-refractivity contribution in [3.63, 3.8) is 0 Å². The summed E-state index contributed by atoms with van der Waals surface area (Å²) in [7, 11) is -3.62. The van der Waals surface area contributed by atoms with Crippen LogP contribution in [0.15, 0.2) is 0 Å². The second-order valence-electron chi connectivity index (χ2n) is 5.98. The Morgan fingerprint density at radius 3 is 1.55 bits per heavy atom. The molecule has 2 atom stereocenters. The van der Waals surface area contributed by atoms with Crippen LogP contribution in [0.5, 0.6) is 0 Å². The maximum absolute atomic E-state index is 12.4. The zero-order valence-electron chi connectivity index (χ0n) is 14.9. The first kappa shape index (κ1) is 22.2. The molecule has 0 saturated carbocycles. The highest BCUT2D eigenvalue weighted by Gasteiger charge is 2.49. The van der Waals surface area contributed by atoms with E-state index >= 15 is 0 Å². The minimum absolute atomic E-state index is 0.370. The Kier molecular flexibility index (Phi) is 13.8. The van der Waals surface area contributed by atoms with E-state index in [2.05, 4.69) is 32.3 Å². The molecule has 22 heavy (non-hydrogen) atoms. The van der Waals surface area contributed by atoms with Gasteiger partial charge in [-0.25, -0.2) is 0 Å². The molecule has 0 saturated heterocycles. The predicted molar refractivity (Wildman–Crippen MR) is 91.4 cm³/mol. The zero-order valence-corrected chi connectivity index (χ0v) is 15.8. The molecule has 0 aromatic rings. The fraction of sp³-hybridized carbons (Fsp3) is 1.00. The van der Waals surface area contributed by atoms with Crippen molar-refractivity contribution in [3.8, 4) is 0 Å². The van der Waals surface area contributed by atoms with Crippen molar-refractivity contribution < 1.29 is 18.6 Å². The van der Waals surface area contributed by atoms with Gasteiger partial charge in [0.15, 0.2) is 0 Å². The Morgan fingerprint density at radius 1 is 0.864 bits per heavy atom. The maximum Gasteiger partial charge on any atom is 0.628 e. The van der Waals surface area contributed by atoms with E-state index in [-0.39, 0.29) is 0 Å². The van der Waals surface area contributed by atoms with Crippen LogP contribution in [-0.4, -0.2) is 13.2 Å². The first-order valence-electron chi connectivity index (χ1n) is 8.82. The summed E-state index contributed by atoms with van der Waals surface area (Å²) in [4.78, 5) is 12.4. The molecular weight excluding hydrogens is 301 g/mol. The van der Waals surface area contributed by atoms with Gasteiger partial charge in [0, 0.05) is 0 Å². The molecule has 2 N–H and O–H groups in total. The van der Waals surface area contributed by atoms with Crippen LogP contribution in [0.4, 0.5) is 0 Å². The molecule has 6 heteroatoms. The Bertz CT molecular complexity index is 236. The van der Waals surface area contributed by atoms with Crippen LogP contribution in [-0.2, 0) is 18.6 Å². The number of hydrogen-bond donors (Lipinski definition) is 1. The van der Waals surface area contributed by atoms with Crippen molar-refractivity contribution in [2.45, 2.75) is 79.1 Å². The SMILES string of the molecule is CCCCC(CC)CO[P+]([O])(ON)OCC(CC)CCCC. The standard InChI is InChI=1S/C16H36NO4P/c1-5-9-11-15(7-3)13-19-22(18,21-17)20-14-16(8-4)12-10-6-2/h15-16H,5-14,17H2,1-4H3/q+1. The highest BCUT2D eigenvalue weighted by Crippen LogP contribution is 2.58. The summed E-state index contributed by atoms with van der Waals surface area (Å²) < 4.78 is 15.4. The normalized spacial score (nSPS) is 17.2. The number of unbranched alkanes of at least 4 members (excludes halogenated alkanes) is 2. The van der Waals surface area contributed by atoms with Gasteiger partial charge in [-0.15, -0.1) is 9.05 Å². The van der Waals surface area contributed by atoms with Gasteiger partial charge in [-0.1, -0.05) is 70.8 Å². The van der Waals surface area contributed by atoms with Gasteiger partial charge >= 0.3 is 8.17 Å². The fourth-order valence-corrected chi connectivity index (χ4v) is 3.27. The van der Waals surface area contributed by atoms with Gasteiger partial charge in [0.2, 0.25) is 0 Å². The van der Waals surface area contributed by atoms with E-state index in [0.717, 1.165) is 51.4 Å². The largest absolute Gasteiger partial charge is 0.628 e. The molecule has 0 aliphatic rings. The second kappa shape index (κ2) is 13.6. The van der Waals surface area contributed by atoms with E-state index in [4.69, 9.17) is 14.9 Å². The molecule has 0 aliphatic heterocycles. The van der Waals surface area contributed by atoms with Crippen molar-refractivity contribution in [1.82, 2.24) is 0 Å². The summed E-state index contributed by atoms with van der Waals surface area (Å²) in [6.45, 7) is 9.28. The average Bonchev–Trinajstić information content (AvgIpc) is 2.55.